The first-order valence-electron chi connectivity index (χ1n) is 9.90. The first kappa shape index (κ1) is 22.1. The highest BCUT2D eigenvalue weighted by atomic mass is 28.2. The van der Waals surface area contributed by atoms with Crippen LogP contribution in [0.3, 0.4) is 0 Å². The van der Waals surface area contributed by atoms with E-state index in [4.69, 9.17) is 10.2 Å². The summed E-state index contributed by atoms with van der Waals surface area (Å²) in [5.74, 6) is 0. The predicted octanol–water partition coefficient (Wildman–Crippen LogP) is 3.75. The van der Waals surface area contributed by atoms with Gasteiger partial charge in [-0.25, -0.2) is 0 Å². The molecule has 0 saturated heterocycles. The molecule has 0 amide bonds. The number of nitrogens with one attached hydrogen (secondary N) is 1. The second kappa shape index (κ2) is 21.1. The zero-order valence-electron chi connectivity index (χ0n) is 15.2. The van der Waals surface area contributed by atoms with Gasteiger partial charge in [-0.15, -0.1) is 0 Å². The van der Waals surface area contributed by atoms with Gasteiger partial charge in [-0.2, -0.15) is 0 Å². The Morgan fingerprint density at radius 1 is 0.773 bits per heavy atom. The average Bonchev–Trinajstić information content (AvgIpc) is 2.54. The predicted molar refractivity (Wildman–Crippen MR) is 102 cm³/mol. The number of rotatable bonds is 19. The van der Waals surface area contributed by atoms with E-state index in [9.17, 15) is 0 Å². The lowest BCUT2D eigenvalue weighted by atomic mass is 10.1. The topological polar surface area (TPSA) is 47.3 Å². The Kier molecular flexibility index (Phi) is 21.2. The number of hydrogen-bond acceptors (Lipinski definition) is 3. The summed E-state index contributed by atoms with van der Waals surface area (Å²) in [4.78, 5) is 0. The van der Waals surface area contributed by atoms with Crippen LogP contribution in [0.2, 0.25) is 6.04 Å². The Bertz CT molecular complexity index is 174. The SMILES string of the molecule is CCCCCCCCCCCCCO[SiH2]CCCNCCN. The second-order valence-corrected chi connectivity index (χ2v) is 7.92. The molecular formula is C18H42N2OSi. The van der Waals surface area contributed by atoms with Gasteiger partial charge < -0.3 is 15.5 Å². The summed E-state index contributed by atoms with van der Waals surface area (Å²) in [7, 11) is -0.252. The molecular weight excluding hydrogens is 288 g/mol. The molecule has 0 heterocycles. The fraction of sp³-hybridized carbons (Fsp3) is 1.00. The molecule has 0 unspecified atom stereocenters. The molecule has 0 aliphatic rings. The van der Waals surface area contributed by atoms with Gasteiger partial charge >= 0.3 is 0 Å². The number of nitrogens with two attached hydrogens (primary N) is 1. The molecule has 134 valence electrons. The first-order chi connectivity index (χ1) is 10.9. The standard InChI is InChI=1S/C18H42N2OSi/c1-2-3-4-5-6-7-8-9-10-11-12-17-21-22-18-13-15-20-16-14-19/h20H,2-19,22H2,1H3. The zero-order valence-corrected chi connectivity index (χ0v) is 16.6. The van der Waals surface area contributed by atoms with E-state index in [1.165, 1.54) is 83.1 Å². The fourth-order valence-corrected chi connectivity index (χ4v) is 3.72. The Labute approximate surface area is 142 Å². The van der Waals surface area contributed by atoms with Crippen LogP contribution in [0.25, 0.3) is 0 Å². The molecule has 0 aromatic carbocycles. The lowest BCUT2D eigenvalue weighted by Gasteiger charge is -2.05. The van der Waals surface area contributed by atoms with Crippen LogP contribution in [0.1, 0.15) is 84.0 Å². The highest BCUT2D eigenvalue weighted by molar-refractivity contribution is 6.26. The molecule has 0 aromatic rings. The summed E-state index contributed by atoms with van der Waals surface area (Å²) in [5.41, 5.74) is 5.42. The summed E-state index contributed by atoms with van der Waals surface area (Å²) in [6.45, 7) is 6.09. The van der Waals surface area contributed by atoms with Gasteiger partial charge in [-0.1, -0.05) is 71.1 Å². The van der Waals surface area contributed by atoms with Crippen LogP contribution in [0.4, 0.5) is 0 Å². The highest BCUT2D eigenvalue weighted by Gasteiger charge is 1.94. The van der Waals surface area contributed by atoms with Crippen molar-refractivity contribution in [2.24, 2.45) is 5.73 Å². The van der Waals surface area contributed by atoms with E-state index in [0.29, 0.717) is 0 Å². The van der Waals surface area contributed by atoms with Crippen molar-refractivity contribution >= 4 is 9.76 Å². The average molecular weight is 331 g/mol. The van der Waals surface area contributed by atoms with E-state index in [1.54, 1.807) is 0 Å². The van der Waals surface area contributed by atoms with Crippen LogP contribution in [0, 0.1) is 0 Å². The monoisotopic (exact) mass is 330 g/mol. The summed E-state index contributed by atoms with van der Waals surface area (Å²) in [6.07, 6.45) is 16.7. The molecule has 0 radical (unpaired) electrons. The van der Waals surface area contributed by atoms with E-state index in [2.05, 4.69) is 12.2 Å². The van der Waals surface area contributed by atoms with Gasteiger partial charge in [0, 0.05) is 19.7 Å². The summed E-state index contributed by atoms with van der Waals surface area (Å²) >= 11 is 0. The van der Waals surface area contributed by atoms with E-state index >= 15 is 0 Å². The van der Waals surface area contributed by atoms with Gasteiger partial charge in [-0.05, 0) is 25.4 Å². The minimum Gasteiger partial charge on any atom is -0.424 e. The van der Waals surface area contributed by atoms with Gasteiger partial charge in [0.2, 0.25) is 0 Å². The Hall–Kier alpha value is 0.0969. The van der Waals surface area contributed by atoms with Crippen molar-refractivity contribution < 1.29 is 4.43 Å². The maximum Gasteiger partial charge on any atom is 0.161 e. The highest BCUT2D eigenvalue weighted by Crippen LogP contribution is 2.11. The lowest BCUT2D eigenvalue weighted by Crippen LogP contribution is -2.23. The molecule has 0 atom stereocenters. The molecule has 0 aliphatic heterocycles. The molecule has 3 nitrogen and oxygen atoms in total. The van der Waals surface area contributed by atoms with Crippen LogP contribution < -0.4 is 11.1 Å². The lowest BCUT2D eigenvalue weighted by molar-refractivity contribution is 0.319. The quantitative estimate of drug-likeness (QED) is 0.280. The van der Waals surface area contributed by atoms with Crippen LogP contribution in [-0.4, -0.2) is 36.0 Å². The second-order valence-electron chi connectivity index (χ2n) is 6.39. The van der Waals surface area contributed by atoms with E-state index in [0.717, 1.165) is 26.2 Å². The van der Waals surface area contributed by atoms with Crippen LogP contribution in [-0.2, 0) is 4.43 Å². The van der Waals surface area contributed by atoms with Crippen molar-refractivity contribution in [2.75, 3.05) is 26.2 Å². The third-order valence-electron chi connectivity index (χ3n) is 4.11. The maximum atomic E-state index is 5.81. The van der Waals surface area contributed by atoms with E-state index in [-0.39, 0.29) is 9.76 Å². The number of hydrogen-bond donors (Lipinski definition) is 2. The largest absolute Gasteiger partial charge is 0.424 e. The zero-order chi connectivity index (χ0) is 16.1. The van der Waals surface area contributed by atoms with E-state index < -0.39 is 0 Å². The van der Waals surface area contributed by atoms with Gasteiger partial charge in [0.05, 0.1) is 0 Å². The van der Waals surface area contributed by atoms with E-state index in [1.807, 2.05) is 0 Å². The third kappa shape index (κ3) is 20.1. The summed E-state index contributed by atoms with van der Waals surface area (Å²) in [6, 6.07) is 1.30. The molecule has 0 rings (SSSR count). The van der Waals surface area contributed by atoms with Gasteiger partial charge in [-0.3, -0.25) is 0 Å². The number of unbranched alkanes of at least 4 members (excludes halogenated alkanes) is 10. The fourth-order valence-electron chi connectivity index (χ4n) is 2.65. The molecule has 3 N–H and O–H groups in total. The van der Waals surface area contributed by atoms with Crippen LogP contribution in [0.15, 0.2) is 0 Å². The normalized spacial score (nSPS) is 11.7. The molecule has 22 heavy (non-hydrogen) atoms. The van der Waals surface area contributed by atoms with Crippen molar-refractivity contribution in [2.45, 2.75) is 90.0 Å². The molecule has 0 aliphatic carbocycles. The van der Waals surface area contributed by atoms with Gasteiger partial charge in [0.1, 0.15) is 0 Å². The van der Waals surface area contributed by atoms with Crippen molar-refractivity contribution in [1.29, 1.82) is 0 Å². The van der Waals surface area contributed by atoms with Gasteiger partial charge in [0.15, 0.2) is 9.76 Å². The summed E-state index contributed by atoms with van der Waals surface area (Å²) in [5, 5.41) is 3.33. The Balaban J connectivity index is 2.91. The minimum absolute atomic E-state index is 0.252. The van der Waals surface area contributed by atoms with Gasteiger partial charge in [0.25, 0.3) is 0 Å². The summed E-state index contributed by atoms with van der Waals surface area (Å²) < 4.78 is 5.81. The first-order valence-corrected chi connectivity index (χ1v) is 11.5. The maximum absolute atomic E-state index is 5.81. The molecule has 0 fully saturated rings. The molecule has 0 aromatic heterocycles. The smallest absolute Gasteiger partial charge is 0.161 e. The van der Waals surface area contributed by atoms with Crippen molar-refractivity contribution in [3.8, 4) is 0 Å². The Morgan fingerprint density at radius 2 is 1.36 bits per heavy atom. The molecule has 4 heteroatoms. The van der Waals surface area contributed by atoms with Crippen LogP contribution >= 0.6 is 0 Å². The minimum atomic E-state index is -0.252. The third-order valence-corrected chi connectivity index (χ3v) is 5.47. The molecule has 0 spiro atoms. The van der Waals surface area contributed by atoms with Crippen molar-refractivity contribution in [3.05, 3.63) is 0 Å². The Morgan fingerprint density at radius 3 is 1.95 bits per heavy atom. The molecule has 0 saturated carbocycles. The van der Waals surface area contributed by atoms with Crippen molar-refractivity contribution in [1.82, 2.24) is 5.32 Å². The van der Waals surface area contributed by atoms with Crippen molar-refractivity contribution in [3.63, 3.8) is 0 Å². The van der Waals surface area contributed by atoms with Crippen LogP contribution in [0.5, 0.6) is 0 Å². The molecule has 0 bridgehead atoms.